The molecular weight excluding hydrogens is 236 g/mol. The maximum atomic E-state index is 13.5. The molecular formula is C13H15F2N3. The van der Waals surface area contributed by atoms with Crippen LogP contribution in [-0.2, 0) is 6.42 Å². The fourth-order valence-corrected chi connectivity index (χ4v) is 2.52. The van der Waals surface area contributed by atoms with Gasteiger partial charge in [0.15, 0.2) is 11.6 Å². The average molecular weight is 251 g/mol. The van der Waals surface area contributed by atoms with Crippen LogP contribution in [0.3, 0.4) is 0 Å². The van der Waals surface area contributed by atoms with Crippen molar-refractivity contribution < 1.29 is 8.78 Å². The Bertz CT molecular complexity index is 559. The third kappa shape index (κ3) is 2.10. The largest absolute Gasteiger partial charge is 0.342 e. The van der Waals surface area contributed by atoms with E-state index in [-0.39, 0.29) is 5.52 Å². The van der Waals surface area contributed by atoms with E-state index in [1.807, 2.05) is 0 Å². The Morgan fingerprint density at radius 2 is 2.00 bits per heavy atom. The average Bonchev–Trinajstić information content (AvgIpc) is 2.79. The molecule has 0 saturated carbocycles. The lowest BCUT2D eigenvalue weighted by atomic mass is 9.94. The molecule has 1 aromatic carbocycles. The van der Waals surface area contributed by atoms with Crippen LogP contribution in [0.4, 0.5) is 8.78 Å². The van der Waals surface area contributed by atoms with E-state index in [2.05, 4.69) is 15.3 Å². The van der Waals surface area contributed by atoms with Gasteiger partial charge in [0, 0.05) is 6.42 Å². The summed E-state index contributed by atoms with van der Waals surface area (Å²) in [7, 11) is 0. The van der Waals surface area contributed by atoms with E-state index in [1.165, 1.54) is 6.07 Å². The minimum Gasteiger partial charge on any atom is -0.342 e. The molecule has 3 rings (SSSR count). The van der Waals surface area contributed by atoms with E-state index in [4.69, 9.17) is 0 Å². The van der Waals surface area contributed by atoms with Crippen LogP contribution in [0.1, 0.15) is 18.7 Å². The molecule has 0 spiro atoms. The van der Waals surface area contributed by atoms with Crippen molar-refractivity contribution in [3.8, 4) is 0 Å². The summed E-state index contributed by atoms with van der Waals surface area (Å²) < 4.78 is 26.6. The molecule has 1 aliphatic heterocycles. The zero-order valence-electron chi connectivity index (χ0n) is 9.97. The fourth-order valence-electron chi connectivity index (χ4n) is 2.52. The molecule has 1 saturated heterocycles. The van der Waals surface area contributed by atoms with E-state index < -0.39 is 11.6 Å². The standard InChI is InChI=1S/C13H15F2N3/c14-9-1-2-10-13(12(9)15)18-11(17-10)7-8-3-5-16-6-4-8/h1-2,8,16H,3-7H2,(H,17,18). The van der Waals surface area contributed by atoms with Crippen LogP contribution in [0.15, 0.2) is 12.1 Å². The summed E-state index contributed by atoms with van der Waals surface area (Å²) in [6.07, 6.45) is 3.01. The minimum absolute atomic E-state index is 0.110. The Morgan fingerprint density at radius 1 is 1.22 bits per heavy atom. The number of H-pyrrole nitrogens is 1. The molecule has 1 aliphatic rings. The topological polar surface area (TPSA) is 40.7 Å². The molecule has 2 aromatic rings. The van der Waals surface area contributed by atoms with Crippen molar-refractivity contribution in [1.29, 1.82) is 0 Å². The molecule has 1 fully saturated rings. The van der Waals surface area contributed by atoms with Crippen LogP contribution in [0.5, 0.6) is 0 Å². The van der Waals surface area contributed by atoms with Crippen LogP contribution in [0.25, 0.3) is 11.0 Å². The second-order valence-electron chi connectivity index (χ2n) is 4.84. The van der Waals surface area contributed by atoms with Gasteiger partial charge in [-0.3, -0.25) is 0 Å². The number of hydrogen-bond acceptors (Lipinski definition) is 2. The normalized spacial score (nSPS) is 17.4. The number of piperidine rings is 1. The highest BCUT2D eigenvalue weighted by Crippen LogP contribution is 2.21. The summed E-state index contributed by atoms with van der Waals surface area (Å²) in [5.41, 5.74) is 0.678. The van der Waals surface area contributed by atoms with Crippen molar-refractivity contribution in [1.82, 2.24) is 15.3 Å². The van der Waals surface area contributed by atoms with Crippen LogP contribution in [-0.4, -0.2) is 23.1 Å². The van der Waals surface area contributed by atoms with E-state index >= 15 is 0 Å². The quantitative estimate of drug-likeness (QED) is 0.860. The number of halogens is 2. The van der Waals surface area contributed by atoms with Gasteiger partial charge in [-0.1, -0.05) is 0 Å². The Labute approximate surface area is 104 Å². The van der Waals surface area contributed by atoms with Gasteiger partial charge < -0.3 is 10.3 Å². The Morgan fingerprint density at radius 3 is 2.78 bits per heavy atom. The number of fused-ring (bicyclic) bond motifs is 1. The number of benzene rings is 1. The first-order chi connectivity index (χ1) is 8.74. The fraction of sp³-hybridized carbons (Fsp3) is 0.462. The van der Waals surface area contributed by atoms with Gasteiger partial charge in [-0.05, 0) is 44.0 Å². The van der Waals surface area contributed by atoms with Crippen molar-refractivity contribution >= 4 is 11.0 Å². The van der Waals surface area contributed by atoms with Crippen LogP contribution < -0.4 is 5.32 Å². The van der Waals surface area contributed by atoms with E-state index in [0.29, 0.717) is 11.4 Å². The summed E-state index contributed by atoms with van der Waals surface area (Å²) in [6.45, 7) is 2.04. The first-order valence-electron chi connectivity index (χ1n) is 6.27. The molecule has 0 atom stereocenters. The summed E-state index contributed by atoms with van der Waals surface area (Å²) >= 11 is 0. The molecule has 0 bridgehead atoms. The van der Waals surface area contributed by atoms with E-state index in [9.17, 15) is 8.78 Å². The van der Waals surface area contributed by atoms with Gasteiger partial charge in [-0.15, -0.1) is 0 Å². The Kier molecular flexibility index (Phi) is 2.99. The van der Waals surface area contributed by atoms with Crippen molar-refractivity contribution in [3.63, 3.8) is 0 Å². The number of nitrogens with one attached hydrogen (secondary N) is 2. The summed E-state index contributed by atoms with van der Waals surface area (Å²) in [5, 5.41) is 3.30. The lowest BCUT2D eigenvalue weighted by Gasteiger charge is -2.21. The number of nitrogens with zero attached hydrogens (tertiary/aromatic N) is 1. The highest BCUT2D eigenvalue weighted by molar-refractivity contribution is 5.75. The van der Waals surface area contributed by atoms with Crippen LogP contribution in [0.2, 0.25) is 0 Å². The predicted octanol–water partition coefficient (Wildman–Crippen LogP) is 2.38. The maximum absolute atomic E-state index is 13.5. The van der Waals surface area contributed by atoms with Gasteiger partial charge in [0.05, 0.1) is 5.52 Å². The Hall–Kier alpha value is -1.49. The molecule has 0 amide bonds. The molecule has 96 valence electrons. The van der Waals surface area contributed by atoms with Crippen LogP contribution >= 0.6 is 0 Å². The summed E-state index contributed by atoms with van der Waals surface area (Å²) in [4.78, 5) is 7.25. The molecule has 0 radical (unpaired) electrons. The number of aromatic amines is 1. The second kappa shape index (κ2) is 4.65. The summed E-state index contributed by atoms with van der Waals surface area (Å²) in [6, 6.07) is 2.66. The number of rotatable bonds is 2. The van der Waals surface area contributed by atoms with Gasteiger partial charge in [-0.2, -0.15) is 0 Å². The first-order valence-corrected chi connectivity index (χ1v) is 6.27. The highest BCUT2D eigenvalue weighted by Gasteiger charge is 2.17. The lowest BCUT2D eigenvalue weighted by molar-refractivity contribution is 0.368. The third-order valence-corrected chi connectivity index (χ3v) is 3.54. The van der Waals surface area contributed by atoms with Crippen molar-refractivity contribution in [2.75, 3.05) is 13.1 Å². The number of imidazole rings is 1. The molecule has 0 unspecified atom stereocenters. The van der Waals surface area contributed by atoms with Gasteiger partial charge in [0.2, 0.25) is 0 Å². The SMILES string of the molecule is Fc1ccc2[nH]c(CC3CCNCC3)nc2c1F. The Balaban J connectivity index is 1.86. The second-order valence-corrected chi connectivity index (χ2v) is 4.84. The molecule has 1 aromatic heterocycles. The smallest absolute Gasteiger partial charge is 0.186 e. The monoisotopic (exact) mass is 251 g/mol. The molecule has 2 N–H and O–H groups in total. The van der Waals surface area contributed by atoms with Crippen molar-refractivity contribution in [2.45, 2.75) is 19.3 Å². The van der Waals surface area contributed by atoms with Gasteiger partial charge >= 0.3 is 0 Å². The minimum atomic E-state index is -0.861. The summed E-state index contributed by atoms with van der Waals surface area (Å²) in [5.74, 6) is -0.385. The van der Waals surface area contributed by atoms with Crippen LogP contribution in [0, 0.1) is 17.6 Å². The molecule has 2 heterocycles. The number of hydrogen-bond donors (Lipinski definition) is 2. The van der Waals surface area contributed by atoms with Crippen molar-refractivity contribution in [2.24, 2.45) is 5.92 Å². The van der Waals surface area contributed by atoms with Gasteiger partial charge in [-0.25, -0.2) is 13.8 Å². The van der Waals surface area contributed by atoms with E-state index in [1.54, 1.807) is 0 Å². The maximum Gasteiger partial charge on any atom is 0.186 e. The van der Waals surface area contributed by atoms with Crippen molar-refractivity contribution in [3.05, 3.63) is 29.6 Å². The predicted molar refractivity (Wildman–Crippen MR) is 65.3 cm³/mol. The first kappa shape index (κ1) is 11.6. The molecule has 5 heteroatoms. The highest BCUT2D eigenvalue weighted by atomic mass is 19.2. The zero-order valence-corrected chi connectivity index (χ0v) is 9.97. The zero-order chi connectivity index (χ0) is 12.5. The molecule has 18 heavy (non-hydrogen) atoms. The molecule has 0 aliphatic carbocycles. The molecule has 3 nitrogen and oxygen atoms in total. The van der Waals surface area contributed by atoms with E-state index in [0.717, 1.165) is 44.2 Å². The van der Waals surface area contributed by atoms with Gasteiger partial charge in [0.1, 0.15) is 11.3 Å². The number of aromatic nitrogens is 2. The lowest BCUT2D eigenvalue weighted by Crippen LogP contribution is -2.28. The third-order valence-electron chi connectivity index (χ3n) is 3.54. The van der Waals surface area contributed by atoms with Gasteiger partial charge in [0.25, 0.3) is 0 Å².